The highest BCUT2D eigenvalue weighted by molar-refractivity contribution is 7.17. The summed E-state index contributed by atoms with van der Waals surface area (Å²) >= 11 is 6.93. The zero-order chi connectivity index (χ0) is 19.7. The van der Waals surface area contributed by atoms with E-state index >= 15 is 0 Å². The van der Waals surface area contributed by atoms with Crippen molar-refractivity contribution in [2.75, 3.05) is 11.9 Å². The zero-order valence-electron chi connectivity index (χ0n) is 14.7. The molecule has 0 radical (unpaired) electrons. The van der Waals surface area contributed by atoms with E-state index in [2.05, 4.69) is 15.4 Å². The van der Waals surface area contributed by atoms with E-state index in [9.17, 15) is 14.4 Å². The summed E-state index contributed by atoms with van der Waals surface area (Å²) in [5.41, 5.74) is 0.148. The second kappa shape index (κ2) is 7.45. The SMILES string of the molecule is CCOC(=O)c1sc(NC(=O)c2nn(C)c3ccc(Cl)cc3c2=O)nc1C. The van der Waals surface area contributed by atoms with Crippen LogP contribution in [0.25, 0.3) is 10.9 Å². The normalized spacial score (nSPS) is 10.8. The highest BCUT2D eigenvalue weighted by atomic mass is 35.5. The number of rotatable bonds is 4. The van der Waals surface area contributed by atoms with Gasteiger partial charge in [0.2, 0.25) is 5.43 Å². The van der Waals surface area contributed by atoms with Crippen LogP contribution in [0.3, 0.4) is 0 Å². The molecule has 2 heterocycles. The molecule has 0 spiro atoms. The van der Waals surface area contributed by atoms with Crippen molar-refractivity contribution in [3.63, 3.8) is 0 Å². The van der Waals surface area contributed by atoms with Crippen molar-refractivity contribution in [1.82, 2.24) is 14.8 Å². The summed E-state index contributed by atoms with van der Waals surface area (Å²) in [6, 6.07) is 4.79. The number of nitrogens with zero attached hydrogens (tertiary/aromatic N) is 3. The molecule has 1 amide bonds. The highest BCUT2D eigenvalue weighted by Crippen LogP contribution is 2.24. The Morgan fingerprint density at radius 3 is 2.81 bits per heavy atom. The molecule has 10 heteroatoms. The molecule has 140 valence electrons. The molecule has 0 saturated carbocycles. The number of benzene rings is 1. The Morgan fingerprint density at radius 2 is 2.11 bits per heavy atom. The van der Waals surface area contributed by atoms with Crippen LogP contribution in [0, 0.1) is 6.92 Å². The van der Waals surface area contributed by atoms with Gasteiger partial charge in [-0.05, 0) is 32.0 Å². The van der Waals surface area contributed by atoms with Gasteiger partial charge >= 0.3 is 5.97 Å². The van der Waals surface area contributed by atoms with Gasteiger partial charge < -0.3 is 4.74 Å². The smallest absolute Gasteiger partial charge is 0.350 e. The van der Waals surface area contributed by atoms with E-state index in [0.29, 0.717) is 21.1 Å². The van der Waals surface area contributed by atoms with E-state index in [0.717, 1.165) is 11.3 Å². The number of amides is 1. The van der Waals surface area contributed by atoms with E-state index in [1.807, 2.05) is 0 Å². The van der Waals surface area contributed by atoms with Crippen LogP contribution in [-0.4, -0.2) is 33.2 Å². The maximum atomic E-state index is 12.6. The predicted octanol–water partition coefficient (Wildman–Crippen LogP) is 2.78. The molecule has 3 aromatic rings. The number of anilines is 1. The van der Waals surface area contributed by atoms with E-state index < -0.39 is 17.3 Å². The fraction of sp³-hybridized carbons (Fsp3) is 0.235. The molecular formula is C17H15ClN4O4S. The van der Waals surface area contributed by atoms with Crippen molar-refractivity contribution in [1.29, 1.82) is 0 Å². The first kappa shape index (κ1) is 19.0. The molecule has 0 bridgehead atoms. The number of halogens is 1. The van der Waals surface area contributed by atoms with E-state index in [-0.39, 0.29) is 22.8 Å². The predicted molar refractivity (Wildman–Crippen MR) is 103 cm³/mol. The summed E-state index contributed by atoms with van der Waals surface area (Å²) in [6.45, 7) is 3.57. The molecule has 3 rings (SSSR count). The number of aromatic nitrogens is 3. The van der Waals surface area contributed by atoms with Crippen LogP contribution in [0.5, 0.6) is 0 Å². The number of hydrogen-bond donors (Lipinski definition) is 1. The number of thiazole rings is 1. The Hall–Kier alpha value is -2.78. The van der Waals surface area contributed by atoms with Gasteiger partial charge in [-0.2, -0.15) is 5.10 Å². The molecule has 0 fully saturated rings. The van der Waals surface area contributed by atoms with Crippen molar-refractivity contribution in [2.45, 2.75) is 13.8 Å². The van der Waals surface area contributed by atoms with Crippen LogP contribution < -0.4 is 10.7 Å². The van der Waals surface area contributed by atoms with Crippen molar-refractivity contribution < 1.29 is 14.3 Å². The molecule has 2 aromatic heterocycles. The van der Waals surface area contributed by atoms with Crippen molar-refractivity contribution >= 4 is 50.8 Å². The number of carbonyl (C=O) groups excluding carboxylic acids is 2. The number of esters is 1. The van der Waals surface area contributed by atoms with Crippen LogP contribution >= 0.6 is 22.9 Å². The summed E-state index contributed by atoms with van der Waals surface area (Å²) in [7, 11) is 1.62. The van der Waals surface area contributed by atoms with Crippen LogP contribution in [0.1, 0.15) is 32.8 Å². The van der Waals surface area contributed by atoms with E-state index in [4.69, 9.17) is 16.3 Å². The van der Waals surface area contributed by atoms with Gasteiger partial charge in [-0.25, -0.2) is 9.78 Å². The number of hydrogen-bond acceptors (Lipinski definition) is 7. The van der Waals surface area contributed by atoms with Gasteiger partial charge in [0, 0.05) is 12.1 Å². The number of aryl methyl sites for hydroxylation is 2. The average Bonchev–Trinajstić information content (AvgIpc) is 2.98. The van der Waals surface area contributed by atoms with Gasteiger partial charge in [0.05, 0.1) is 23.2 Å². The molecule has 1 N–H and O–H groups in total. The minimum Gasteiger partial charge on any atom is -0.462 e. The standard InChI is InChI=1S/C17H15ClN4O4S/c1-4-26-16(25)14-8(2)19-17(27-14)20-15(24)12-13(23)10-7-9(18)5-6-11(10)22(3)21-12/h5-7H,4H2,1-3H3,(H,19,20,24). The van der Waals surface area contributed by atoms with Crippen LogP contribution in [0.2, 0.25) is 5.02 Å². The molecule has 0 aliphatic carbocycles. The van der Waals surface area contributed by atoms with Crippen molar-refractivity contribution in [2.24, 2.45) is 7.05 Å². The molecule has 27 heavy (non-hydrogen) atoms. The van der Waals surface area contributed by atoms with Crippen LogP contribution in [0.15, 0.2) is 23.0 Å². The number of carbonyl (C=O) groups is 2. The Kier molecular flexibility index (Phi) is 5.24. The van der Waals surface area contributed by atoms with Gasteiger partial charge in [-0.3, -0.25) is 19.6 Å². The fourth-order valence-corrected chi connectivity index (χ4v) is 3.52. The molecule has 8 nitrogen and oxygen atoms in total. The average molecular weight is 407 g/mol. The van der Waals surface area contributed by atoms with Gasteiger partial charge in [-0.15, -0.1) is 0 Å². The third-order valence-corrected chi connectivity index (χ3v) is 5.00. The first-order valence-corrected chi connectivity index (χ1v) is 9.13. The summed E-state index contributed by atoms with van der Waals surface area (Å²) < 4.78 is 6.38. The van der Waals surface area contributed by atoms with Gasteiger partial charge in [0.1, 0.15) is 4.88 Å². The Bertz CT molecular complexity index is 1120. The molecule has 0 aliphatic heterocycles. The lowest BCUT2D eigenvalue weighted by Crippen LogP contribution is -2.26. The Morgan fingerprint density at radius 1 is 1.37 bits per heavy atom. The molecule has 0 aliphatic rings. The van der Waals surface area contributed by atoms with E-state index in [1.165, 1.54) is 10.7 Å². The maximum Gasteiger partial charge on any atom is 0.350 e. The second-order valence-electron chi connectivity index (χ2n) is 5.57. The largest absolute Gasteiger partial charge is 0.462 e. The molecule has 0 saturated heterocycles. The lowest BCUT2D eigenvalue weighted by Gasteiger charge is -2.07. The minimum absolute atomic E-state index is 0.176. The number of ether oxygens (including phenoxy) is 1. The summed E-state index contributed by atoms with van der Waals surface area (Å²) in [5.74, 6) is -1.23. The number of nitrogens with one attached hydrogen (secondary N) is 1. The third kappa shape index (κ3) is 3.69. The maximum absolute atomic E-state index is 12.6. The van der Waals surface area contributed by atoms with Crippen molar-refractivity contribution in [3.8, 4) is 0 Å². The molecule has 0 unspecified atom stereocenters. The monoisotopic (exact) mass is 406 g/mol. The van der Waals surface area contributed by atoms with Gasteiger partial charge in [-0.1, -0.05) is 22.9 Å². The van der Waals surface area contributed by atoms with Gasteiger partial charge in [0.15, 0.2) is 10.8 Å². The summed E-state index contributed by atoms with van der Waals surface area (Å²) in [5, 5.41) is 7.41. The lowest BCUT2D eigenvalue weighted by atomic mass is 10.2. The quantitative estimate of drug-likeness (QED) is 0.668. The van der Waals surface area contributed by atoms with Crippen molar-refractivity contribution in [3.05, 3.63) is 49.7 Å². The third-order valence-electron chi connectivity index (χ3n) is 3.71. The van der Waals surface area contributed by atoms with Crippen LogP contribution in [0.4, 0.5) is 5.13 Å². The molecular weight excluding hydrogens is 392 g/mol. The van der Waals surface area contributed by atoms with Gasteiger partial charge in [0.25, 0.3) is 5.91 Å². The molecule has 1 aromatic carbocycles. The zero-order valence-corrected chi connectivity index (χ0v) is 16.3. The van der Waals surface area contributed by atoms with E-state index in [1.54, 1.807) is 33.0 Å². The summed E-state index contributed by atoms with van der Waals surface area (Å²) in [4.78, 5) is 41.5. The lowest BCUT2D eigenvalue weighted by molar-refractivity contribution is 0.0531. The van der Waals surface area contributed by atoms with Crippen LogP contribution in [-0.2, 0) is 11.8 Å². The fourth-order valence-electron chi connectivity index (χ4n) is 2.49. The first-order valence-electron chi connectivity index (χ1n) is 7.94. The topological polar surface area (TPSA) is 103 Å². The first-order chi connectivity index (χ1) is 12.8. The highest BCUT2D eigenvalue weighted by Gasteiger charge is 2.21. The minimum atomic E-state index is -0.721. The number of fused-ring (bicyclic) bond motifs is 1. The second-order valence-corrected chi connectivity index (χ2v) is 7.01. The Labute approximate surface area is 162 Å². The molecule has 0 atom stereocenters. The summed E-state index contributed by atoms with van der Waals surface area (Å²) in [6.07, 6.45) is 0. The Balaban J connectivity index is 1.96.